The largest absolute Gasteiger partial charge is 0.494 e. The molecule has 0 N–H and O–H groups in total. The summed E-state index contributed by atoms with van der Waals surface area (Å²) >= 11 is 0. The lowest BCUT2D eigenvalue weighted by atomic mass is 10.1. The van der Waals surface area contributed by atoms with E-state index in [2.05, 4.69) is 30.0 Å². The predicted octanol–water partition coefficient (Wildman–Crippen LogP) is 3.47. The second-order valence-electron chi connectivity index (χ2n) is 6.73. The van der Waals surface area contributed by atoms with Gasteiger partial charge in [0.05, 0.1) is 11.5 Å². The van der Waals surface area contributed by atoms with Crippen LogP contribution in [0.5, 0.6) is 5.75 Å². The van der Waals surface area contributed by atoms with Crippen molar-refractivity contribution in [2.75, 3.05) is 37.7 Å². The van der Waals surface area contributed by atoms with Crippen molar-refractivity contribution in [3.8, 4) is 5.75 Å². The molecule has 27 heavy (non-hydrogen) atoms. The van der Waals surface area contributed by atoms with E-state index in [0.717, 1.165) is 17.7 Å². The highest BCUT2D eigenvalue weighted by Gasteiger charge is 2.29. The number of nitrogens with zero attached hydrogens (tertiary/aromatic N) is 2. The summed E-state index contributed by atoms with van der Waals surface area (Å²) in [6.07, 6.45) is 0.972. The van der Waals surface area contributed by atoms with Gasteiger partial charge < -0.3 is 9.64 Å². The van der Waals surface area contributed by atoms with Gasteiger partial charge in [0.2, 0.25) is 10.0 Å². The lowest BCUT2D eigenvalue weighted by Crippen LogP contribution is -2.48. The molecule has 0 aliphatic carbocycles. The molecule has 1 aliphatic heterocycles. The van der Waals surface area contributed by atoms with Crippen molar-refractivity contribution in [3.63, 3.8) is 0 Å². The van der Waals surface area contributed by atoms with Crippen LogP contribution in [0.1, 0.15) is 25.0 Å². The van der Waals surface area contributed by atoms with Crippen LogP contribution in [0, 0.1) is 6.92 Å². The van der Waals surface area contributed by atoms with Gasteiger partial charge in [-0.05, 0) is 55.7 Å². The highest BCUT2D eigenvalue weighted by Crippen LogP contribution is 2.27. The maximum Gasteiger partial charge on any atom is 0.243 e. The monoisotopic (exact) mass is 388 g/mol. The van der Waals surface area contributed by atoms with Crippen LogP contribution in [0.15, 0.2) is 47.4 Å². The molecule has 1 fully saturated rings. The number of hydrogen-bond donors (Lipinski definition) is 0. The summed E-state index contributed by atoms with van der Waals surface area (Å²) in [6, 6.07) is 13.5. The topological polar surface area (TPSA) is 49.9 Å². The van der Waals surface area contributed by atoms with Gasteiger partial charge in [-0.2, -0.15) is 4.31 Å². The molecule has 0 unspecified atom stereocenters. The Morgan fingerprint density at radius 2 is 1.70 bits per heavy atom. The first kappa shape index (κ1) is 19.7. The van der Waals surface area contributed by atoms with Crippen molar-refractivity contribution >= 4 is 15.7 Å². The smallest absolute Gasteiger partial charge is 0.243 e. The van der Waals surface area contributed by atoms with Gasteiger partial charge in [-0.15, -0.1) is 0 Å². The Hall–Kier alpha value is -2.05. The summed E-state index contributed by atoms with van der Waals surface area (Å²) in [5.41, 5.74) is 3.36. The molecule has 0 radical (unpaired) electrons. The number of sulfonamides is 1. The minimum atomic E-state index is -3.49. The summed E-state index contributed by atoms with van der Waals surface area (Å²) in [4.78, 5) is 2.62. The Morgan fingerprint density at radius 1 is 1.00 bits per heavy atom. The minimum Gasteiger partial charge on any atom is -0.494 e. The van der Waals surface area contributed by atoms with Gasteiger partial charge in [-0.25, -0.2) is 8.42 Å². The number of hydrogen-bond acceptors (Lipinski definition) is 4. The zero-order valence-corrected chi connectivity index (χ0v) is 17.1. The van der Waals surface area contributed by atoms with Crippen LogP contribution in [-0.2, 0) is 16.4 Å². The number of piperazine rings is 1. The Morgan fingerprint density at radius 3 is 2.33 bits per heavy atom. The summed E-state index contributed by atoms with van der Waals surface area (Å²) in [6.45, 7) is 8.89. The second-order valence-corrected chi connectivity index (χ2v) is 8.67. The number of anilines is 1. The first-order chi connectivity index (χ1) is 13.0. The van der Waals surface area contributed by atoms with Crippen molar-refractivity contribution < 1.29 is 13.2 Å². The number of para-hydroxylation sites is 1. The van der Waals surface area contributed by atoms with Crippen molar-refractivity contribution in [2.24, 2.45) is 0 Å². The van der Waals surface area contributed by atoms with Crippen molar-refractivity contribution in [2.45, 2.75) is 32.1 Å². The van der Waals surface area contributed by atoms with E-state index in [-0.39, 0.29) is 0 Å². The van der Waals surface area contributed by atoms with Crippen LogP contribution in [0.4, 0.5) is 5.69 Å². The molecule has 2 aromatic rings. The molecule has 0 atom stereocenters. The van der Waals surface area contributed by atoms with Gasteiger partial charge in [0.15, 0.2) is 0 Å². The Balaban J connectivity index is 1.74. The summed E-state index contributed by atoms with van der Waals surface area (Å²) < 4.78 is 33.2. The third-order valence-corrected chi connectivity index (χ3v) is 6.93. The number of rotatable bonds is 6. The molecule has 1 saturated heterocycles. The Labute approximate surface area is 162 Å². The standard InChI is InChI=1S/C21H28N2O3S/c1-4-18-8-6-7-9-20(18)22-12-14-23(15-13-22)27(24,25)19-10-11-21(26-5-2)17(3)16-19/h6-11,16H,4-5,12-15H2,1-3H3. The molecule has 5 nitrogen and oxygen atoms in total. The van der Waals surface area contributed by atoms with E-state index in [9.17, 15) is 8.42 Å². The van der Waals surface area contributed by atoms with Gasteiger partial charge in [-0.1, -0.05) is 25.1 Å². The number of ether oxygens (including phenoxy) is 1. The van der Waals surface area contributed by atoms with Crippen LogP contribution in [-0.4, -0.2) is 45.5 Å². The molecule has 2 aromatic carbocycles. The van der Waals surface area contributed by atoms with Gasteiger partial charge in [0.1, 0.15) is 5.75 Å². The first-order valence-electron chi connectivity index (χ1n) is 9.53. The van der Waals surface area contributed by atoms with E-state index >= 15 is 0 Å². The van der Waals surface area contributed by atoms with E-state index in [0.29, 0.717) is 37.7 Å². The molecule has 146 valence electrons. The quantitative estimate of drug-likeness (QED) is 0.760. The van der Waals surface area contributed by atoms with Crippen LogP contribution in [0.3, 0.4) is 0 Å². The Kier molecular flexibility index (Phi) is 6.07. The summed E-state index contributed by atoms with van der Waals surface area (Å²) in [5, 5.41) is 0. The summed E-state index contributed by atoms with van der Waals surface area (Å²) in [5.74, 6) is 0.734. The third kappa shape index (κ3) is 4.12. The fourth-order valence-electron chi connectivity index (χ4n) is 3.54. The molecule has 0 aromatic heterocycles. The van der Waals surface area contributed by atoms with Crippen LogP contribution in [0.25, 0.3) is 0 Å². The molecule has 6 heteroatoms. The lowest BCUT2D eigenvalue weighted by molar-refractivity contribution is 0.337. The predicted molar refractivity (Wildman–Crippen MR) is 109 cm³/mol. The van der Waals surface area contributed by atoms with Gasteiger partial charge in [0, 0.05) is 31.9 Å². The van der Waals surface area contributed by atoms with E-state index < -0.39 is 10.0 Å². The maximum atomic E-state index is 13.0. The van der Waals surface area contributed by atoms with Crippen molar-refractivity contribution in [3.05, 3.63) is 53.6 Å². The molecular formula is C21H28N2O3S. The van der Waals surface area contributed by atoms with Crippen LogP contribution < -0.4 is 9.64 Å². The zero-order chi connectivity index (χ0) is 19.4. The average Bonchev–Trinajstić information content (AvgIpc) is 2.69. The molecule has 3 rings (SSSR count). The molecule has 1 aliphatic rings. The van der Waals surface area contributed by atoms with E-state index in [1.165, 1.54) is 11.3 Å². The highest BCUT2D eigenvalue weighted by molar-refractivity contribution is 7.89. The lowest BCUT2D eigenvalue weighted by Gasteiger charge is -2.36. The van der Waals surface area contributed by atoms with E-state index in [4.69, 9.17) is 4.74 Å². The number of aryl methyl sites for hydroxylation is 2. The summed E-state index contributed by atoms with van der Waals surface area (Å²) in [7, 11) is -3.49. The van der Waals surface area contributed by atoms with Gasteiger partial charge >= 0.3 is 0 Å². The third-order valence-electron chi connectivity index (χ3n) is 5.04. The fourth-order valence-corrected chi connectivity index (χ4v) is 5.04. The zero-order valence-electron chi connectivity index (χ0n) is 16.3. The molecule has 0 amide bonds. The minimum absolute atomic E-state index is 0.339. The normalized spacial score (nSPS) is 15.7. The Bertz CT molecular complexity index is 888. The SMILES string of the molecule is CCOc1ccc(S(=O)(=O)N2CCN(c3ccccc3CC)CC2)cc1C. The highest BCUT2D eigenvalue weighted by atomic mass is 32.2. The van der Waals surface area contributed by atoms with Crippen LogP contribution in [0.2, 0.25) is 0 Å². The molecular weight excluding hydrogens is 360 g/mol. The molecule has 0 saturated carbocycles. The van der Waals surface area contributed by atoms with Crippen molar-refractivity contribution in [1.29, 1.82) is 0 Å². The first-order valence-corrected chi connectivity index (χ1v) is 11.0. The van der Waals surface area contributed by atoms with Gasteiger partial charge in [0.25, 0.3) is 0 Å². The second kappa shape index (κ2) is 8.31. The van der Waals surface area contributed by atoms with Crippen LogP contribution >= 0.6 is 0 Å². The molecule has 0 bridgehead atoms. The molecule has 1 heterocycles. The van der Waals surface area contributed by atoms with Gasteiger partial charge in [-0.3, -0.25) is 0 Å². The molecule has 0 spiro atoms. The van der Waals surface area contributed by atoms with Crippen molar-refractivity contribution in [1.82, 2.24) is 4.31 Å². The fraction of sp³-hybridized carbons (Fsp3) is 0.429. The van der Waals surface area contributed by atoms with E-state index in [1.807, 2.05) is 19.9 Å². The number of benzene rings is 2. The van der Waals surface area contributed by atoms with E-state index in [1.54, 1.807) is 22.5 Å². The average molecular weight is 389 g/mol. The maximum absolute atomic E-state index is 13.0.